The largest absolute Gasteiger partial charge is 0.448 e. The van der Waals surface area contributed by atoms with E-state index in [9.17, 15) is 9.90 Å². The van der Waals surface area contributed by atoms with Gasteiger partial charge in [0.15, 0.2) is 11.6 Å². The van der Waals surface area contributed by atoms with Crippen LogP contribution in [0, 0.1) is 0 Å². The van der Waals surface area contributed by atoms with Crippen LogP contribution in [-0.2, 0) is 6.42 Å². The van der Waals surface area contributed by atoms with Crippen LogP contribution >= 0.6 is 0 Å². The van der Waals surface area contributed by atoms with Gasteiger partial charge in [0.2, 0.25) is 0 Å². The Labute approximate surface area is 87.7 Å². The summed E-state index contributed by atoms with van der Waals surface area (Å²) in [6.45, 7) is 2.90. The zero-order chi connectivity index (χ0) is 10.8. The number of amides is 1. The molecule has 0 unspecified atom stereocenters. The summed E-state index contributed by atoms with van der Waals surface area (Å²) in [5.41, 5.74) is 0.334. The first-order chi connectivity index (χ1) is 7.20. The molecule has 0 bridgehead atoms. The minimum atomic E-state index is -0.397. The summed E-state index contributed by atoms with van der Waals surface area (Å²) in [5.74, 6) is 0.410. The number of hydrogen-bond acceptors (Lipinski definition) is 4. The highest BCUT2D eigenvalue weighted by molar-refractivity contribution is 5.92. The molecule has 15 heavy (non-hydrogen) atoms. The molecule has 1 fully saturated rings. The minimum absolute atomic E-state index is 0.157. The Hall–Kier alpha value is -1.36. The number of rotatable bonds is 2. The number of aliphatic hydroxyl groups is 1. The van der Waals surface area contributed by atoms with Gasteiger partial charge in [0.05, 0.1) is 6.10 Å². The molecule has 5 nitrogen and oxygen atoms in total. The molecule has 1 aromatic heterocycles. The van der Waals surface area contributed by atoms with E-state index >= 15 is 0 Å². The maximum Gasteiger partial charge on any atom is 0.275 e. The van der Waals surface area contributed by atoms with Crippen LogP contribution in [0.4, 0.5) is 0 Å². The number of nitrogens with zero attached hydrogens (tertiary/aromatic N) is 2. The molecule has 2 rings (SSSR count). The number of aliphatic hydroxyl groups excluding tert-OH is 1. The number of hydrogen-bond donors (Lipinski definition) is 1. The van der Waals surface area contributed by atoms with Crippen molar-refractivity contribution in [3.63, 3.8) is 0 Å². The Morgan fingerprint density at radius 1 is 1.80 bits per heavy atom. The van der Waals surface area contributed by atoms with Gasteiger partial charge in [-0.15, -0.1) is 0 Å². The quantitative estimate of drug-likeness (QED) is 0.769. The van der Waals surface area contributed by atoms with Crippen molar-refractivity contribution >= 4 is 5.91 Å². The Kier molecular flexibility index (Phi) is 2.73. The molecule has 5 heteroatoms. The van der Waals surface area contributed by atoms with Crippen molar-refractivity contribution in [2.75, 3.05) is 13.1 Å². The van der Waals surface area contributed by atoms with Crippen molar-refractivity contribution in [2.45, 2.75) is 25.9 Å². The van der Waals surface area contributed by atoms with E-state index in [-0.39, 0.29) is 5.91 Å². The van der Waals surface area contributed by atoms with Crippen LogP contribution in [0.2, 0.25) is 0 Å². The van der Waals surface area contributed by atoms with Crippen molar-refractivity contribution in [1.29, 1.82) is 0 Å². The standard InChI is InChI=1S/C10H14N2O3/c1-2-9-11-8(6-15-9)10(14)12-4-3-7(13)5-12/h6-7,13H,2-5H2,1H3/t7-/m0/s1. The second-order valence-corrected chi connectivity index (χ2v) is 3.67. The van der Waals surface area contributed by atoms with Gasteiger partial charge in [-0.1, -0.05) is 6.92 Å². The van der Waals surface area contributed by atoms with E-state index < -0.39 is 6.10 Å². The lowest BCUT2D eigenvalue weighted by Gasteiger charge is -2.12. The van der Waals surface area contributed by atoms with Gasteiger partial charge in [-0.3, -0.25) is 4.79 Å². The van der Waals surface area contributed by atoms with Crippen molar-refractivity contribution in [1.82, 2.24) is 9.88 Å². The summed E-state index contributed by atoms with van der Waals surface area (Å²) in [5, 5.41) is 9.31. The molecule has 0 aliphatic carbocycles. The number of aryl methyl sites for hydroxylation is 1. The maximum absolute atomic E-state index is 11.8. The third-order valence-corrected chi connectivity index (χ3v) is 2.52. The lowest BCUT2D eigenvalue weighted by Crippen LogP contribution is -2.29. The van der Waals surface area contributed by atoms with E-state index in [0.717, 1.165) is 0 Å². The fraction of sp³-hybridized carbons (Fsp3) is 0.600. The minimum Gasteiger partial charge on any atom is -0.448 e. The average Bonchev–Trinajstić information content (AvgIpc) is 2.84. The van der Waals surface area contributed by atoms with Gasteiger partial charge in [-0.25, -0.2) is 4.98 Å². The summed E-state index contributed by atoms with van der Waals surface area (Å²) in [6.07, 6.45) is 2.30. The van der Waals surface area contributed by atoms with Crippen LogP contribution < -0.4 is 0 Å². The predicted molar refractivity (Wildman–Crippen MR) is 52.4 cm³/mol. The second kappa shape index (κ2) is 4.02. The Morgan fingerprint density at radius 2 is 2.60 bits per heavy atom. The average molecular weight is 210 g/mol. The molecule has 0 aromatic carbocycles. The van der Waals surface area contributed by atoms with Crippen LogP contribution in [0.1, 0.15) is 29.7 Å². The molecule has 2 heterocycles. The molecule has 0 spiro atoms. The molecule has 1 N–H and O–H groups in total. The van der Waals surface area contributed by atoms with Crippen LogP contribution in [-0.4, -0.2) is 40.1 Å². The molecule has 1 aliphatic rings. The van der Waals surface area contributed by atoms with Crippen LogP contribution in [0.15, 0.2) is 10.7 Å². The Bertz CT molecular complexity index is 361. The summed E-state index contributed by atoms with van der Waals surface area (Å²) in [4.78, 5) is 17.5. The third-order valence-electron chi connectivity index (χ3n) is 2.52. The van der Waals surface area contributed by atoms with E-state index in [1.54, 1.807) is 4.90 Å². The van der Waals surface area contributed by atoms with Crippen LogP contribution in [0.3, 0.4) is 0 Å². The predicted octanol–water partition coefficient (Wildman–Crippen LogP) is 0.444. The molecule has 1 saturated heterocycles. The van der Waals surface area contributed by atoms with E-state index in [1.165, 1.54) is 6.26 Å². The number of oxazole rings is 1. The first-order valence-corrected chi connectivity index (χ1v) is 5.12. The molecular formula is C10H14N2O3. The Morgan fingerprint density at radius 3 is 3.13 bits per heavy atom. The van der Waals surface area contributed by atoms with Gasteiger partial charge < -0.3 is 14.4 Å². The fourth-order valence-corrected chi connectivity index (χ4v) is 1.66. The first kappa shape index (κ1) is 10.2. The van der Waals surface area contributed by atoms with Crippen molar-refractivity contribution in [3.05, 3.63) is 17.8 Å². The van der Waals surface area contributed by atoms with Crippen molar-refractivity contribution in [3.8, 4) is 0 Å². The van der Waals surface area contributed by atoms with Crippen molar-refractivity contribution < 1.29 is 14.3 Å². The number of carbonyl (C=O) groups excluding carboxylic acids is 1. The highest BCUT2D eigenvalue weighted by atomic mass is 16.3. The number of aromatic nitrogens is 1. The highest BCUT2D eigenvalue weighted by Crippen LogP contribution is 2.13. The normalized spacial score (nSPS) is 20.9. The molecule has 1 amide bonds. The van der Waals surface area contributed by atoms with Gasteiger partial charge in [0.25, 0.3) is 5.91 Å². The molecule has 0 saturated carbocycles. The molecule has 0 radical (unpaired) electrons. The molecular weight excluding hydrogens is 196 g/mol. The monoisotopic (exact) mass is 210 g/mol. The lowest BCUT2D eigenvalue weighted by atomic mass is 10.3. The number of β-amino-alcohol motifs (C(OH)–C–C–N with tert-alkyl or cyclic N) is 1. The van der Waals surface area contributed by atoms with Gasteiger partial charge in [-0.2, -0.15) is 0 Å². The van der Waals surface area contributed by atoms with E-state index in [0.29, 0.717) is 37.5 Å². The summed E-state index contributed by atoms with van der Waals surface area (Å²) in [6, 6.07) is 0. The Balaban J connectivity index is 2.07. The highest BCUT2D eigenvalue weighted by Gasteiger charge is 2.27. The van der Waals surface area contributed by atoms with Gasteiger partial charge in [0.1, 0.15) is 6.26 Å². The van der Waals surface area contributed by atoms with E-state index in [1.807, 2.05) is 6.92 Å². The summed E-state index contributed by atoms with van der Waals surface area (Å²) in [7, 11) is 0. The van der Waals surface area contributed by atoms with E-state index in [4.69, 9.17) is 4.42 Å². The molecule has 1 aromatic rings. The zero-order valence-electron chi connectivity index (χ0n) is 8.64. The summed E-state index contributed by atoms with van der Waals surface area (Å²) < 4.78 is 5.10. The fourth-order valence-electron chi connectivity index (χ4n) is 1.66. The maximum atomic E-state index is 11.8. The van der Waals surface area contributed by atoms with E-state index in [2.05, 4.69) is 4.98 Å². The zero-order valence-corrected chi connectivity index (χ0v) is 8.64. The van der Waals surface area contributed by atoms with Crippen LogP contribution in [0.5, 0.6) is 0 Å². The second-order valence-electron chi connectivity index (χ2n) is 3.67. The van der Waals surface area contributed by atoms with Crippen LogP contribution in [0.25, 0.3) is 0 Å². The van der Waals surface area contributed by atoms with Gasteiger partial charge >= 0.3 is 0 Å². The smallest absolute Gasteiger partial charge is 0.275 e. The molecule has 1 aliphatic heterocycles. The molecule has 82 valence electrons. The van der Waals surface area contributed by atoms with Gasteiger partial charge in [0, 0.05) is 19.5 Å². The topological polar surface area (TPSA) is 66.6 Å². The summed E-state index contributed by atoms with van der Waals surface area (Å²) >= 11 is 0. The van der Waals surface area contributed by atoms with Gasteiger partial charge in [-0.05, 0) is 6.42 Å². The molecule has 1 atom stereocenters. The third kappa shape index (κ3) is 2.02. The number of likely N-dealkylation sites (tertiary alicyclic amines) is 1. The SMILES string of the molecule is CCc1nc(C(=O)N2CC[C@H](O)C2)co1. The number of carbonyl (C=O) groups is 1. The van der Waals surface area contributed by atoms with Crippen molar-refractivity contribution in [2.24, 2.45) is 0 Å². The lowest BCUT2D eigenvalue weighted by molar-refractivity contribution is 0.0759. The first-order valence-electron chi connectivity index (χ1n) is 5.12.